The number of likely N-dealkylation sites (tertiary alicyclic amines) is 1. The summed E-state index contributed by atoms with van der Waals surface area (Å²) in [4.78, 5) is 18.3. The standard InChI is InChI=1S/C32H38N2O2/c1-23-6-8-24(9-7-23)21-33-18-16-32(17-19-33)22-34(29-15-14-27(36-5)20-28(29)32)30(35)25-10-12-26(13-11-25)31(2,3)4/h6-15,20H,16-19,21-22H2,1-5H3. The fourth-order valence-electron chi connectivity index (χ4n) is 5.74. The number of hydrogen-bond acceptors (Lipinski definition) is 3. The summed E-state index contributed by atoms with van der Waals surface area (Å²) < 4.78 is 5.59. The molecule has 4 heteroatoms. The van der Waals surface area contributed by atoms with Gasteiger partial charge in [0, 0.05) is 29.8 Å². The number of aryl methyl sites for hydroxylation is 1. The number of benzene rings is 3. The summed E-state index contributed by atoms with van der Waals surface area (Å²) in [7, 11) is 1.72. The largest absolute Gasteiger partial charge is 0.497 e. The lowest BCUT2D eigenvalue weighted by molar-refractivity contribution is 0.0975. The molecule has 2 aliphatic rings. The van der Waals surface area contributed by atoms with Crippen LogP contribution in [0.15, 0.2) is 66.7 Å². The van der Waals surface area contributed by atoms with Crippen LogP contribution in [0.25, 0.3) is 0 Å². The molecule has 4 nitrogen and oxygen atoms in total. The minimum atomic E-state index is -0.0331. The molecule has 0 aliphatic carbocycles. The van der Waals surface area contributed by atoms with E-state index in [9.17, 15) is 4.79 Å². The zero-order valence-corrected chi connectivity index (χ0v) is 22.3. The fourth-order valence-corrected chi connectivity index (χ4v) is 5.74. The molecule has 36 heavy (non-hydrogen) atoms. The number of carbonyl (C=O) groups excluding carboxylic acids is 1. The minimum Gasteiger partial charge on any atom is -0.497 e. The lowest BCUT2D eigenvalue weighted by Crippen LogP contribution is -2.45. The molecular formula is C32H38N2O2. The Bertz CT molecular complexity index is 1230. The van der Waals surface area contributed by atoms with Crippen molar-refractivity contribution in [1.29, 1.82) is 0 Å². The Morgan fingerprint density at radius 3 is 2.22 bits per heavy atom. The maximum atomic E-state index is 13.8. The van der Waals surface area contributed by atoms with Crippen molar-refractivity contribution >= 4 is 11.6 Å². The average Bonchev–Trinajstić information content (AvgIpc) is 3.19. The molecule has 0 N–H and O–H groups in total. The number of carbonyl (C=O) groups is 1. The van der Waals surface area contributed by atoms with Crippen LogP contribution in [0, 0.1) is 6.92 Å². The lowest BCUT2D eigenvalue weighted by atomic mass is 9.74. The van der Waals surface area contributed by atoms with Crippen molar-refractivity contribution < 1.29 is 9.53 Å². The third-order valence-electron chi connectivity index (χ3n) is 8.11. The summed E-state index contributed by atoms with van der Waals surface area (Å²) in [6.07, 6.45) is 2.07. The molecule has 1 fully saturated rings. The molecule has 1 spiro atoms. The molecule has 2 aliphatic heterocycles. The monoisotopic (exact) mass is 482 g/mol. The molecule has 0 aromatic heterocycles. The molecule has 2 heterocycles. The van der Waals surface area contributed by atoms with Gasteiger partial charge in [0.25, 0.3) is 5.91 Å². The van der Waals surface area contributed by atoms with E-state index in [4.69, 9.17) is 4.74 Å². The number of methoxy groups -OCH3 is 1. The number of ether oxygens (including phenoxy) is 1. The van der Waals surface area contributed by atoms with Gasteiger partial charge in [-0.25, -0.2) is 0 Å². The van der Waals surface area contributed by atoms with E-state index in [-0.39, 0.29) is 16.7 Å². The SMILES string of the molecule is COc1ccc2c(c1)C1(CCN(Cc3ccc(C)cc3)CC1)CN2C(=O)c1ccc(C(C)(C)C)cc1. The van der Waals surface area contributed by atoms with Gasteiger partial charge in [0.2, 0.25) is 0 Å². The maximum Gasteiger partial charge on any atom is 0.258 e. The molecule has 5 rings (SSSR count). The first-order valence-corrected chi connectivity index (χ1v) is 13.1. The zero-order chi connectivity index (χ0) is 25.5. The van der Waals surface area contributed by atoms with Gasteiger partial charge in [-0.05, 0) is 85.3 Å². The zero-order valence-electron chi connectivity index (χ0n) is 22.3. The van der Waals surface area contributed by atoms with Crippen LogP contribution in [0.2, 0.25) is 0 Å². The van der Waals surface area contributed by atoms with E-state index in [1.807, 2.05) is 23.1 Å². The summed E-state index contributed by atoms with van der Waals surface area (Å²) >= 11 is 0. The third-order valence-corrected chi connectivity index (χ3v) is 8.11. The Balaban J connectivity index is 1.38. The number of amides is 1. The number of nitrogens with zero attached hydrogens (tertiary/aromatic N) is 2. The maximum absolute atomic E-state index is 13.8. The Morgan fingerprint density at radius 2 is 1.61 bits per heavy atom. The molecule has 0 atom stereocenters. The van der Waals surface area contributed by atoms with Crippen LogP contribution >= 0.6 is 0 Å². The van der Waals surface area contributed by atoms with Crippen molar-refractivity contribution in [2.75, 3.05) is 31.6 Å². The molecule has 0 unspecified atom stereocenters. The van der Waals surface area contributed by atoms with Gasteiger partial charge in [-0.15, -0.1) is 0 Å². The molecule has 3 aromatic rings. The first kappa shape index (κ1) is 24.6. The minimum absolute atomic E-state index is 0.0331. The normalized spacial score (nSPS) is 17.3. The van der Waals surface area contributed by atoms with Crippen molar-refractivity contribution in [3.63, 3.8) is 0 Å². The van der Waals surface area contributed by atoms with Gasteiger partial charge in [0.15, 0.2) is 0 Å². The summed E-state index contributed by atoms with van der Waals surface area (Å²) in [6, 6.07) is 23.2. The van der Waals surface area contributed by atoms with Crippen molar-refractivity contribution in [3.8, 4) is 5.75 Å². The van der Waals surface area contributed by atoms with E-state index in [1.54, 1.807) is 7.11 Å². The van der Waals surface area contributed by atoms with Gasteiger partial charge in [0.1, 0.15) is 5.75 Å². The molecule has 0 radical (unpaired) electrons. The van der Waals surface area contributed by atoms with Crippen molar-refractivity contribution in [2.45, 2.75) is 57.9 Å². The van der Waals surface area contributed by atoms with E-state index in [1.165, 1.54) is 22.3 Å². The highest BCUT2D eigenvalue weighted by Crippen LogP contribution is 2.48. The van der Waals surface area contributed by atoms with Crippen LogP contribution < -0.4 is 9.64 Å². The third kappa shape index (κ3) is 4.67. The quantitative estimate of drug-likeness (QED) is 0.426. The summed E-state index contributed by atoms with van der Waals surface area (Å²) in [5, 5.41) is 0. The molecule has 1 saturated heterocycles. The van der Waals surface area contributed by atoms with Crippen LogP contribution in [-0.4, -0.2) is 37.6 Å². The van der Waals surface area contributed by atoms with Crippen LogP contribution in [0.3, 0.4) is 0 Å². The van der Waals surface area contributed by atoms with E-state index >= 15 is 0 Å². The summed E-state index contributed by atoms with van der Waals surface area (Å²) in [6.45, 7) is 12.5. The van der Waals surface area contributed by atoms with E-state index in [2.05, 4.69) is 81.1 Å². The number of fused-ring (bicyclic) bond motifs is 2. The van der Waals surface area contributed by atoms with E-state index < -0.39 is 0 Å². The summed E-state index contributed by atoms with van der Waals surface area (Å²) in [5.74, 6) is 0.944. The van der Waals surface area contributed by atoms with Gasteiger partial charge in [0.05, 0.1) is 7.11 Å². The Hall–Kier alpha value is -3.11. The fraction of sp³-hybridized carbons (Fsp3) is 0.406. The van der Waals surface area contributed by atoms with Crippen molar-refractivity contribution in [1.82, 2.24) is 4.90 Å². The summed E-state index contributed by atoms with van der Waals surface area (Å²) in [5.41, 5.74) is 6.97. The van der Waals surface area contributed by atoms with Gasteiger partial charge < -0.3 is 9.64 Å². The highest BCUT2D eigenvalue weighted by atomic mass is 16.5. The lowest BCUT2D eigenvalue weighted by Gasteiger charge is -2.40. The Morgan fingerprint density at radius 1 is 0.944 bits per heavy atom. The van der Waals surface area contributed by atoms with Gasteiger partial charge >= 0.3 is 0 Å². The molecule has 0 bridgehead atoms. The van der Waals surface area contributed by atoms with Gasteiger partial charge in [-0.2, -0.15) is 0 Å². The second-order valence-electron chi connectivity index (χ2n) is 11.6. The van der Waals surface area contributed by atoms with Crippen molar-refractivity contribution in [2.24, 2.45) is 0 Å². The number of rotatable bonds is 4. The van der Waals surface area contributed by atoms with Crippen LogP contribution in [0.4, 0.5) is 5.69 Å². The molecule has 188 valence electrons. The van der Waals surface area contributed by atoms with Gasteiger partial charge in [-0.3, -0.25) is 9.69 Å². The first-order chi connectivity index (χ1) is 17.2. The first-order valence-electron chi connectivity index (χ1n) is 13.1. The number of piperidine rings is 1. The number of hydrogen-bond donors (Lipinski definition) is 0. The van der Waals surface area contributed by atoms with Gasteiger partial charge in [-0.1, -0.05) is 62.7 Å². The molecule has 3 aromatic carbocycles. The topological polar surface area (TPSA) is 32.8 Å². The van der Waals surface area contributed by atoms with E-state index in [0.717, 1.165) is 56.0 Å². The Labute approximate surface area is 215 Å². The second kappa shape index (κ2) is 9.40. The predicted octanol–water partition coefficient (Wildman–Crippen LogP) is 6.50. The second-order valence-corrected chi connectivity index (χ2v) is 11.6. The highest BCUT2D eigenvalue weighted by molar-refractivity contribution is 6.07. The molecular weight excluding hydrogens is 444 g/mol. The molecule has 1 amide bonds. The average molecular weight is 483 g/mol. The van der Waals surface area contributed by atoms with Crippen LogP contribution in [-0.2, 0) is 17.4 Å². The van der Waals surface area contributed by atoms with Crippen LogP contribution in [0.5, 0.6) is 5.75 Å². The van der Waals surface area contributed by atoms with Crippen molar-refractivity contribution in [3.05, 3.63) is 94.5 Å². The van der Waals surface area contributed by atoms with Crippen LogP contribution in [0.1, 0.15) is 66.2 Å². The molecule has 0 saturated carbocycles. The predicted molar refractivity (Wildman–Crippen MR) is 147 cm³/mol. The smallest absolute Gasteiger partial charge is 0.258 e. The highest BCUT2D eigenvalue weighted by Gasteiger charge is 2.46. The number of anilines is 1. The Kier molecular flexibility index (Phi) is 6.42. The van der Waals surface area contributed by atoms with E-state index in [0.29, 0.717) is 0 Å².